The van der Waals surface area contributed by atoms with Crippen LogP contribution in [0.2, 0.25) is 0 Å². The van der Waals surface area contributed by atoms with Gasteiger partial charge in [0.25, 0.3) is 0 Å². The largest absolute Gasteiger partial charge is 0.354 e. The van der Waals surface area contributed by atoms with Gasteiger partial charge in [0.05, 0.1) is 6.26 Å². The van der Waals surface area contributed by atoms with E-state index in [0.29, 0.717) is 32.1 Å². The monoisotopic (exact) mass is 416 g/mol. The van der Waals surface area contributed by atoms with Gasteiger partial charge in [0.2, 0.25) is 10.0 Å². The lowest BCUT2D eigenvalue weighted by Crippen LogP contribution is -2.49. The maximum Gasteiger partial charge on any atom is 0.211 e. The fraction of sp³-hybridized carbons (Fsp3) is 0.545. The van der Waals surface area contributed by atoms with Crippen molar-refractivity contribution in [2.75, 3.05) is 37.3 Å². The molecule has 2 heterocycles. The van der Waals surface area contributed by atoms with Gasteiger partial charge in [0.15, 0.2) is 0 Å². The predicted octanol–water partition coefficient (Wildman–Crippen LogP) is 2.96. The van der Waals surface area contributed by atoms with Gasteiger partial charge in [-0.15, -0.1) is 0 Å². The number of hydrogen-bond acceptors (Lipinski definition) is 5. The number of nitrogens with zero attached hydrogens (tertiary/aromatic N) is 4. The predicted molar refractivity (Wildman–Crippen MR) is 118 cm³/mol. The Hall–Kier alpha value is -1.99. The van der Waals surface area contributed by atoms with Crippen molar-refractivity contribution < 1.29 is 8.42 Å². The smallest absolute Gasteiger partial charge is 0.211 e. The molecule has 1 fully saturated rings. The van der Waals surface area contributed by atoms with Crippen molar-refractivity contribution in [3.8, 4) is 0 Å². The lowest BCUT2D eigenvalue weighted by Gasteiger charge is -2.35. The number of hydrogen-bond donors (Lipinski definition) is 0. The van der Waals surface area contributed by atoms with Gasteiger partial charge in [-0.3, -0.25) is 0 Å². The first-order valence-corrected chi connectivity index (χ1v) is 12.1. The SMILES string of the molecule is Cc1ccc(Cc2c(C)nc(CC(C)C)nc2N2CCN(S(C)(=O)=O)CC2)cc1. The molecule has 1 aromatic heterocycles. The Morgan fingerprint density at radius 1 is 1.00 bits per heavy atom. The van der Waals surface area contributed by atoms with Crippen LogP contribution < -0.4 is 4.90 Å². The third kappa shape index (κ3) is 5.54. The number of rotatable bonds is 6. The minimum atomic E-state index is -3.15. The standard InChI is InChI=1S/C22H32N4O2S/c1-16(2)14-21-23-18(4)20(15-19-8-6-17(3)7-9-19)22(24-21)25-10-12-26(13-11-25)29(5,27)28/h6-9,16H,10-15H2,1-5H3. The average Bonchev–Trinajstić information content (AvgIpc) is 2.64. The van der Waals surface area contributed by atoms with Gasteiger partial charge in [0.1, 0.15) is 11.6 Å². The van der Waals surface area contributed by atoms with Crippen molar-refractivity contribution in [1.82, 2.24) is 14.3 Å². The number of anilines is 1. The molecule has 1 aliphatic rings. The molecule has 7 heteroatoms. The zero-order valence-electron chi connectivity index (χ0n) is 18.1. The highest BCUT2D eigenvalue weighted by atomic mass is 32.2. The molecule has 1 aromatic carbocycles. The number of aromatic nitrogens is 2. The molecule has 0 aliphatic carbocycles. The van der Waals surface area contributed by atoms with Crippen LogP contribution in [0.15, 0.2) is 24.3 Å². The van der Waals surface area contributed by atoms with E-state index >= 15 is 0 Å². The Bertz CT molecular complexity index is 948. The molecule has 1 saturated heterocycles. The summed E-state index contributed by atoms with van der Waals surface area (Å²) in [5.74, 6) is 2.31. The van der Waals surface area contributed by atoms with Crippen molar-refractivity contribution in [2.24, 2.45) is 5.92 Å². The van der Waals surface area contributed by atoms with Crippen LogP contribution in [0.25, 0.3) is 0 Å². The molecule has 29 heavy (non-hydrogen) atoms. The topological polar surface area (TPSA) is 66.4 Å². The second kappa shape index (κ2) is 8.79. The van der Waals surface area contributed by atoms with E-state index in [9.17, 15) is 8.42 Å². The molecule has 0 spiro atoms. The van der Waals surface area contributed by atoms with Crippen molar-refractivity contribution in [2.45, 2.75) is 40.5 Å². The summed E-state index contributed by atoms with van der Waals surface area (Å²) >= 11 is 0. The summed E-state index contributed by atoms with van der Waals surface area (Å²) in [4.78, 5) is 12.0. The van der Waals surface area contributed by atoms with E-state index in [1.54, 1.807) is 4.31 Å². The van der Waals surface area contributed by atoms with Crippen LogP contribution in [0.1, 0.15) is 42.1 Å². The van der Waals surface area contributed by atoms with E-state index in [4.69, 9.17) is 9.97 Å². The van der Waals surface area contributed by atoms with Crippen molar-refractivity contribution in [3.05, 3.63) is 52.5 Å². The molecule has 158 valence electrons. The van der Waals surface area contributed by atoms with E-state index in [0.717, 1.165) is 35.7 Å². The molecule has 0 N–H and O–H groups in total. The van der Waals surface area contributed by atoms with Gasteiger partial charge in [-0.25, -0.2) is 18.4 Å². The van der Waals surface area contributed by atoms with Crippen molar-refractivity contribution >= 4 is 15.8 Å². The van der Waals surface area contributed by atoms with Gasteiger partial charge < -0.3 is 4.90 Å². The van der Waals surface area contributed by atoms with E-state index in [1.165, 1.54) is 17.4 Å². The normalized spacial score (nSPS) is 15.9. The molecule has 2 aromatic rings. The Kier molecular flexibility index (Phi) is 6.58. The first kappa shape index (κ1) is 21.7. The molecule has 3 rings (SSSR count). The van der Waals surface area contributed by atoms with Crippen LogP contribution >= 0.6 is 0 Å². The number of sulfonamides is 1. The molecule has 0 saturated carbocycles. The van der Waals surface area contributed by atoms with E-state index in [1.807, 2.05) is 0 Å². The van der Waals surface area contributed by atoms with Crippen LogP contribution in [0.4, 0.5) is 5.82 Å². The number of benzene rings is 1. The van der Waals surface area contributed by atoms with Crippen LogP contribution in [-0.4, -0.2) is 55.1 Å². The average molecular weight is 417 g/mol. The Labute approximate surface area is 175 Å². The quantitative estimate of drug-likeness (QED) is 0.724. The summed E-state index contributed by atoms with van der Waals surface area (Å²) in [5, 5.41) is 0. The minimum absolute atomic E-state index is 0.479. The van der Waals surface area contributed by atoms with Crippen molar-refractivity contribution in [3.63, 3.8) is 0 Å². The molecule has 0 bridgehead atoms. The molecule has 0 radical (unpaired) electrons. The van der Waals surface area contributed by atoms with Crippen molar-refractivity contribution in [1.29, 1.82) is 0 Å². The summed E-state index contributed by atoms with van der Waals surface area (Å²) in [5.41, 5.74) is 4.62. The van der Waals surface area contributed by atoms with Crippen LogP contribution in [-0.2, 0) is 22.9 Å². The lowest BCUT2D eigenvalue weighted by atomic mass is 10.0. The molecular weight excluding hydrogens is 384 g/mol. The fourth-order valence-corrected chi connectivity index (χ4v) is 4.53. The Balaban J connectivity index is 1.93. The lowest BCUT2D eigenvalue weighted by molar-refractivity contribution is 0.386. The van der Waals surface area contributed by atoms with Gasteiger partial charge in [-0.05, 0) is 25.3 Å². The van der Waals surface area contributed by atoms with E-state index in [2.05, 4.69) is 56.9 Å². The third-order valence-electron chi connectivity index (χ3n) is 5.34. The highest BCUT2D eigenvalue weighted by Crippen LogP contribution is 2.26. The maximum absolute atomic E-state index is 11.9. The second-order valence-electron chi connectivity index (χ2n) is 8.44. The van der Waals surface area contributed by atoms with E-state index < -0.39 is 10.0 Å². The molecular formula is C22H32N4O2S. The van der Waals surface area contributed by atoms with Gasteiger partial charge >= 0.3 is 0 Å². The molecule has 0 atom stereocenters. The molecule has 6 nitrogen and oxygen atoms in total. The van der Waals surface area contributed by atoms with E-state index in [-0.39, 0.29) is 0 Å². The van der Waals surface area contributed by atoms with Crippen LogP contribution in [0, 0.1) is 19.8 Å². The Morgan fingerprint density at radius 2 is 1.62 bits per heavy atom. The summed E-state index contributed by atoms with van der Waals surface area (Å²) in [6.07, 6.45) is 2.89. The van der Waals surface area contributed by atoms with Crippen LogP contribution in [0.5, 0.6) is 0 Å². The zero-order valence-corrected chi connectivity index (χ0v) is 19.0. The fourth-order valence-electron chi connectivity index (χ4n) is 3.70. The third-order valence-corrected chi connectivity index (χ3v) is 6.64. The zero-order chi connectivity index (χ0) is 21.2. The second-order valence-corrected chi connectivity index (χ2v) is 10.4. The summed E-state index contributed by atoms with van der Waals surface area (Å²) in [6, 6.07) is 8.57. The molecule has 0 unspecified atom stereocenters. The number of aryl methyl sites for hydroxylation is 2. The van der Waals surface area contributed by atoms with Crippen LogP contribution in [0.3, 0.4) is 0 Å². The first-order valence-electron chi connectivity index (χ1n) is 10.3. The van der Waals surface area contributed by atoms with Gasteiger partial charge in [-0.1, -0.05) is 43.7 Å². The number of piperazine rings is 1. The molecule has 1 aliphatic heterocycles. The summed E-state index contributed by atoms with van der Waals surface area (Å²) in [7, 11) is -3.15. The maximum atomic E-state index is 11.9. The highest BCUT2D eigenvalue weighted by Gasteiger charge is 2.26. The molecule has 0 amide bonds. The van der Waals surface area contributed by atoms with Gasteiger partial charge in [-0.2, -0.15) is 4.31 Å². The Morgan fingerprint density at radius 3 is 2.17 bits per heavy atom. The first-order chi connectivity index (χ1) is 13.6. The summed E-state index contributed by atoms with van der Waals surface area (Å²) < 4.78 is 25.3. The minimum Gasteiger partial charge on any atom is -0.354 e. The van der Waals surface area contributed by atoms with Gasteiger partial charge in [0, 0.05) is 50.3 Å². The highest BCUT2D eigenvalue weighted by molar-refractivity contribution is 7.88. The summed E-state index contributed by atoms with van der Waals surface area (Å²) in [6.45, 7) is 10.8.